The summed E-state index contributed by atoms with van der Waals surface area (Å²) in [5.74, 6) is -0.00516. The molecule has 0 radical (unpaired) electrons. The number of ether oxygens (including phenoxy) is 1. The Bertz CT molecular complexity index is 417. The Kier molecular flexibility index (Phi) is 4.93. The Hall–Kier alpha value is -1.39. The maximum atomic E-state index is 12.1. The average molecular weight is 262 g/mol. The molecule has 1 aliphatic heterocycles. The van der Waals surface area contributed by atoms with E-state index >= 15 is 0 Å². The van der Waals surface area contributed by atoms with E-state index in [4.69, 9.17) is 4.74 Å². The Balaban J connectivity index is 1.85. The van der Waals surface area contributed by atoms with Gasteiger partial charge in [0.2, 0.25) is 5.91 Å². The molecule has 0 aromatic heterocycles. The summed E-state index contributed by atoms with van der Waals surface area (Å²) in [6.07, 6.45) is 0. The number of rotatable bonds is 5. The quantitative estimate of drug-likeness (QED) is 0.839. The topological polar surface area (TPSA) is 50.4 Å². The molecule has 2 atom stereocenters. The van der Waals surface area contributed by atoms with E-state index in [-0.39, 0.29) is 17.9 Å². The molecule has 2 unspecified atom stereocenters. The van der Waals surface area contributed by atoms with E-state index in [1.54, 1.807) is 0 Å². The summed E-state index contributed by atoms with van der Waals surface area (Å²) in [5, 5.41) is 6.29. The van der Waals surface area contributed by atoms with Crippen molar-refractivity contribution in [2.75, 3.05) is 19.8 Å². The van der Waals surface area contributed by atoms with Gasteiger partial charge in [-0.05, 0) is 19.0 Å². The molecule has 0 aliphatic carbocycles. The standard InChI is InChI=1S/C15H22N2O2/c1-3-16-14-10-19-9-13(14)15(18)17-8-12-6-4-11(2)5-7-12/h4-7,13-14,16H,3,8-10H2,1-2H3,(H,17,18). The molecule has 0 saturated carbocycles. The molecular formula is C15H22N2O2. The average Bonchev–Trinajstić information content (AvgIpc) is 2.86. The molecule has 1 saturated heterocycles. The fourth-order valence-corrected chi connectivity index (χ4v) is 2.30. The van der Waals surface area contributed by atoms with Crippen LogP contribution in [0.5, 0.6) is 0 Å². The van der Waals surface area contributed by atoms with Crippen LogP contribution in [0.1, 0.15) is 18.1 Å². The number of hydrogen-bond donors (Lipinski definition) is 2. The Morgan fingerprint density at radius 3 is 2.74 bits per heavy atom. The van der Waals surface area contributed by atoms with Gasteiger partial charge in [0, 0.05) is 12.6 Å². The normalized spacial score (nSPS) is 22.4. The van der Waals surface area contributed by atoms with Crippen molar-refractivity contribution in [2.45, 2.75) is 26.4 Å². The number of hydrogen-bond acceptors (Lipinski definition) is 3. The van der Waals surface area contributed by atoms with Gasteiger partial charge in [-0.15, -0.1) is 0 Å². The van der Waals surface area contributed by atoms with Crippen LogP contribution >= 0.6 is 0 Å². The van der Waals surface area contributed by atoms with E-state index in [2.05, 4.69) is 29.7 Å². The molecule has 1 aliphatic rings. The van der Waals surface area contributed by atoms with E-state index in [0.717, 1.165) is 12.1 Å². The van der Waals surface area contributed by atoms with Gasteiger partial charge in [0.15, 0.2) is 0 Å². The minimum atomic E-state index is -0.0783. The number of carbonyl (C=O) groups is 1. The van der Waals surface area contributed by atoms with E-state index < -0.39 is 0 Å². The van der Waals surface area contributed by atoms with Crippen LogP contribution in [0.15, 0.2) is 24.3 Å². The van der Waals surface area contributed by atoms with Crippen molar-refractivity contribution >= 4 is 5.91 Å². The molecule has 1 heterocycles. The third-order valence-electron chi connectivity index (χ3n) is 3.47. The molecule has 19 heavy (non-hydrogen) atoms. The van der Waals surface area contributed by atoms with Crippen molar-refractivity contribution in [3.63, 3.8) is 0 Å². The summed E-state index contributed by atoms with van der Waals surface area (Å²) < 4.78 is 5.39. The van der Waals surface area contributed by atoms with Crippen LogP contribution in [0.25, 0.3) is 0 Å². The fourth-order valence-electron chi connectivity index (χ4n) is 2.30. The first kappa shape index (κ1) is 14.0. The Morgan fingerprint density at radius 2 is 2.05 bits per heavy atom. The largest absolute Gasteiger partial charge is 0.379 e. The first-order valence-corrected chi connectivity index (χ1v) is 6.85. The summed E-state index contributed by atoms with van der Waals surface area (Å²) in [5.41, 5.74) is 2.35. The SMILES string of the molecule is CCNC1COCC1C(=O)NCc1ccc(C)cc1. The summed E-state index contributed by atoms with van der Waals surface area (Å²) in [6.45, 7) is 6.66. The molecule has 2 N–H and O–H groups in total. The predicted octanol–water partition coefficient (Wildman–Crippen LogP) is 1.24. The van der Waals surface area contributed by atoms with Gasteiger partial charge in [-0.1, -0.05) is 36.8 Å². The Morgan fingerprint density at radius 1 is 1.32 bits per heavy atom. The minimum Gasteiger partial charge on any atom is -0.379 e. The number of nitrogens with one attached hydrogen (secondary N) is 2. The van der Waals surface area contributed by atoms with Crippen LogP contribution in [0.2, 0.25) is 0 Å². The molecular weight excluding hydrogens is 240 g/mol. The fraction of sp³-hybridized carbons (Fsp3) is 0.533. The molecule has 0 spiro atoms. The lowest BCUT2D eigenvalue weighted by Crippen LogP contribution is -2.43. The van der Waals surface area contributed by atoms with Gasteiger partial charge in [0.05, 0.1) is 19.1 Å². The number of amides is 1. The first-order chi connectivity index (χ1) is 9.20. The van der Waals surface area contributed by atoms with Crippen molar-refractivity contribution in [3.05, 3.63) is 35.4 Å². The lowest BCUT2D eigenvalue weighted by atomic mass is 10.0. The highest BCUT2D eigenvalue weighted by atomic mass is 16.5. The molecule has 1 amide bonds. The van der Waals surface area contributed by atoms with Crippen molar-refractivity contribution in [1.29, 1.82) is 0 Å². The third kappa shape index (κ3) is 3.78. The Labute approximate surface area is 114 Å². The monoisotopic (exact) mass is 262 g/mol. The van der Waals surface area contributed by atoms with Crippen LogP contribution in [0.3, 0.4) is 0 Å². The summed E-state index contributed by atoms with van der Waals surface area (Å²) in [7, 11) is 0. The van der Waals surface area contributed by atoms with Crippen molar-refractivity contribution in [3.8, 4) is 0 Å². The lowest BCUT2D eigenvalue weighted by Gasteiger charge is -2.17. The second-order valence-corrected chi connectivity index (χ2v) is 5.01. The van der Waals surface area contributed by atoms with E-state index in [1.165, 1.54) is 5.56 Å². The second kappa shape index (κ2) is 6.68. The third-order valence-corrected chi connectivity index (χ3v) is 3.47. The molecule has 1 fully saturated rings. The lowest BCUT2D eigenvalue weighted by molar-refractivity contribution is -0.125. The molecule has 1 aromatic carbocycles. The molecule has 4 nitrogen and oxygen atoms in total. The summed E-state index contributed by atoms with van der Waals surface area (Å²) >= 11 is 0. The second-order valence-electron chi connectivity index (χ2n) is 5.01. The van der Waals surface area contributed by atoms with Gasteiger partial charge in [-0.2, -0.15) is 0 Å². The number of carbonyl (C=O) groups excluding carboxylic acids is 1. The van der Waals surface area contributed by atoms with Gasteiger partial charge >= 0.3 is 0 Å². The molecule has 4 heteroatoms. The van der Waals surface area contributed by atoms with Crippen LogP contribution in [-0.2, 0) is 16.1 Å². The van der Waals surface area contributed by atoms with Gasteiger partial charge in [0.25, 0.3) is 0 Å². The van der Waals surface area contributed by atoms with Gasteiger partial charge < -0.3 is 15.4 Å². The highest BCUT2D eigenvalue weighted by Gasteiger charge is 2.33. The van der Waals surface area contributed by atoms with Gasteiger partial charge in [-0.3, -0.25) is 4.79 Å². The number of aryl methyl sites for hydroxylation is 1. The number of benzene rings is 1. The maximum Gasteiger partial charge on any atom is 0.227 e. The molecule has 104 valence electrons. The highest BCUT2D eigenvalue weighted by molar-refractivity contribution is 5.79. The maximum absolute atomic E-state index is 12.1. The van der Waals surface area contributed by atoms with Crippen LogP contribution in [0.4, 0.5) is 0 Å². The van der Waals surface area contributed by atoms with Gasteiger partial charge in [-0.25, -0.2) is 0 Å². The molecule has 0 bridgehead atoms. The zero-order valence-electron chi connectivity index (χ0n) is 11.6. The van der Waals surface area contributed by atoms with E-state index in [9.17, 15) is 4.79 Å². The van der Waals surface area contributed by atoms with Crippen molar-refractivity contribution < 1.29 is 9.53 Å². The number of likely N-dealkylation sites (N-methyl/N-ethyl adjacent to an activating group) is 1. The highest BCUT2D eigenvalue weighted by Crippen LogP contribution is 2.14. The summed E-state index contributed by atoms with van der Waals surface area (Å²) in [4.78, 5) is 12.1. The smallest absolute Gasteiger partial charge is 0.227 e. The van der Waals surface area contributed by atoms with Crippen molar-refractivity contribution in [2.24, 2.45) is 5.92 Å². The van der Waals surface area contributed by atoms with Crippen LogP contribution in [-0.4, -0.2) is 31.7 Å². The predicted molar refractivity (Wildman–Crippen MR) is 74.8 cm³/mol. The van der Waals surface area contributed by atoms with E-state index in [0.29, 0.717) is 19.8 Å². The van der Waals surface area contributed by atoms with Crippen molar-refractivity contribution in [1.82, 2.24) is 10.6 Å². The van der Waals surface area contributed by atoms with Crippen LogP contribution < -0.4 is 10.6 Å². The zero-order chi connectivity index (χ0) is 13.7. The summed E-state index contributed by atoms with van der Waals surface area (Å²) in [6, 6.07) is 8.34. The zero-order valence-corrected chi connectivity index (χ0v) is 11.6. The molecule has 1 aromatic rings. The molecule has 2 rings (SSSR count). The minimum absolute atomic E-state index is 0.0732. The van der Waals surface area contributed by atoms with E-state index in [1.807, 2.05) is 19.1 Å². The van der Waals surface area contributed by atoms with Crippen LogP contribution in [0, 0.1) is 12.8 Å². The first-order valence-electron chi connectivity index (χ1n) is 6.85. The van der Waals surface area contributed by atoms with Gasteiger partial charge in [0.1, 0.15) is 0 Å².